The first-order valence-electron chi connectivity index (χ1n) is 13.0. The van der Waals surface area contributed by atoms with Crippen molar-refractivity contribution in [2.45, 2.75) is 107 Å². The lowest BCUT2D eigenvalue weighted by molar-refractivity contribution is -0.355. The fraction of sp³-hybridized carbons (Fsp3) is 0.885. The summed E-state index contributed by atoms with van der Waals surface area (Å²) >= 11 is 0. The molecule has 2 fully saturated rings. The van der Waals surface area contributed by atoms with Crippen molar-refractivity contribution in [3.63, 3.8) is 0 Å². The zero-order chi connectivity index (χ0) is 27.9. The van der Waals surface area contributed by atoms with Crippen molar-refractivity contribution in [2.24, 2.45) is 11.8 Å². The molecule has 0 radical (unpaired) electrons. The fourth-order valence-electron chi connectivity index (χ4n) is 5.14. The number of rotatable bonds is 7. The lowest BCUT2D eigenvalue weighted by Gasteiger charge is -2.49. The molecule has 0 aromatic carbocycles. The number of ether oxygens (including phenoxy) is 5. The van der Waals surface area contributed by atoms with Crippen LogP contribution in [0.3, 0.4) is 0 Å². The van der Waals surface area contributed by atoms with Gasteiger partial charge in [0.2, 0.25) is 0 Å². The number of carbonyl (C=O) groups excluding carboxylic acids is 1. The van der Waals surface area contributed by atoms with Gasteiger partial charge in [-0.05, 0) is 18.9 Å². The number of esters is 1. The molecule has 2 aliphatic heterocycles. The number of aliphatic hydroxyl groups excluding tert-OH is 4. The first-order valence-corrected chi connectivity index (χ1v) is 13.0. The molecule has 5 N–H and O–H groups in total. The van der Waals surface area contributed by atoms with E-state index < -0.39 is 66.5 Å². The molecule has 0 amide bonds. The van der Waals surface area contributed by atoms with E-state index in [0.717, 1.165) is 0 Å². The Morgan fingerprint density at radius 1 is 1.08 bits per heavy atom. The lowest BCUT2D eigenvalue weighted by Crippen LogP contribution is -2.64. The van der Waals surface area contributed by atoms with Gasteiger partial charge in [-0.3, -0.25) is 0 Å². The molecule has 2 aliphatic rings. The van der Waals surface area contributed by atoms with Crippen LogP contribution in [-0.4, -0.2) is 114 Å². The summed E-state index contributed by atoms with van der Waals surface area (Å²) in [5, 5.41) is 53.9. The summed E-state index contributed by atoms with van der Waals surface area (Å²) in [6.07, 6.45) is -5.48. The topological polar surface area (TPSA) is 164 Å². The van der Waals surface area contributed by atoms with Gasteiger partial charge in [-0.2, -0.15) is 0 Å². The summed E-state index contributed by atoms with van der Waals surface area (Å²) in [5.41, 5.74) is 0.671. The Bertz CT molecular complexity index is 742. The number of cyclic esters (lactones) is 1. The molecule has 216 valence electrons. The van der Waals surface area contributed by atoms with Gasteiger partial charge in [0.1, 0.15) is 12.2 Å². The van der Waals surface area contributed by atoms with E-state index >= 15 is 0 Å². The second kappa shape index (κ2) is 14.3. The minimum absolute atomic E-state index is 0.00687. The highest BCUT2D eigenvalue weighted by atomic mass is 16.7. The van der Waals surface area contributed by atoms with Crippen molar-refractivity contribution in [3.05, 3.63) is 11.6 Å². The van der Waals surface area contributed by atoms with E-state index in [4.69, 9.17) is 23.7 Å². The third kappa shape index (κ3) is 7.71. The van der Waals surface area contributed by atoms with Crippen LogP contribution in [0.15, 0.2) is 11.6 Å². The molecule has 2 bridgehead atoms. The standard InChI is InChI=1S/C26H46O11/c1-7-16(13-27)8-14(2)20-10-17(33-4)9-19(28)15(3)26(32)24(30)22(35-6)12-18(37-26)11-21(34-5)23(29)25(31)36-20/h8,15-24,27-30,32H,7,9-13H2,1-6H3. The largest absolute Gasteiger partial charge is 0.456 e. The number of fused-ring (bicyclic) bond motifs is 2. The van der Waals surface area contributed by atoms with Gasteiger partial charge in [-0.25, -0.2) is 4.79 Å². The number of hydrogen-bond acceptors (Lipinski definition) is 11. The molecule has 2 heterocycles. The molecule has 2 rings (SSSR count). The molecule has 11 nitrogen and oxygen atoms in total. The Kier molecular flexibility index (Phi) is 12.4. The second-order valence-electron chi connectivity index (χ2n) is 10.3. The van der Waals surface area contributed by atoms with Gasteiger partial charge in [0.15, 0.2) is 11.9 Å². The number of carbonyl (C=O) groups is 1. The number of methoxy groups -OCH3 is 3. The zero-order valence-corrected chi connectivity index (χ0v) is 22.8. The molecule has 0 spiro atoms. The SMILES string of the molecule is CCC(C=C(C)C1CC(OC)CC(O)C(C)C2(O)OC(CC(OC)C(O)C(=O)O1)CC(OC)C2O)CO. The summed E-state index contributed by atoms with van der Waals surface area (Å²) in [6.45, 7) is 5.20. The van der Waals surface area contributed by atoms with Crippen molar-refractivity contribution in [3.8, 4) is 0 Å². The first kappa shape index (κ1) is 32.1. The highest BCUT2D eigenvalue weighted by Gasteiger charge is 2.54. The van der Waals surface area contributed by atoms with Gasteiger partial charge < -0.3 is 49.2 Å². The van der Waals surface area contributed by atoms with Gasteiger partial charge >= 0.3 is 5.97 Å². The van der Waals surface area contributed by atoms with Crippen molar-refractivity contribution < 1.29 is 54.0 Å². The van der Waals surface area contributed by atoms with Gasteiger partial charge in [-0.1, -0.05) is 19.9 Å². The number of hydrogen-bond donors (Lipinski definition) is 5. The highest BCUT2D eigenvalue weighted by molar-refractivity contribution is 5.75. The predicted molar refractivity (Wildman–Crippen MR) is 132 cm³/mol. The average molecular weight is 535 g/mol. The van der Waals surface area contributed by atoms with Crippen LogP contribution in [0.4, 0.5) is 0 Å². The van der Waals surface area contributed by atoms with E-state index in [9.17, 15) is 30.3 Å². The van der Waals surface area contributed by atoms with Gasteiger partial charge in [0, 0.05) is 65.5 Å². The van der Waals surface area contributed by atoms with E-state index in [-0.39, 0.29) is 38.2 Å². The summed E-state index contributed by atoms with van der Waals surface area (Å²) in [6, 6.07) is 0. The highest BCUT2D eigenvalue weighted by Crippen LogP contribution is 2.39. The van der Waals surface area contributed by atoms with Crippen LogP contribution < -0.4 is 0 Å². The monoisotopic (exact) mass is 534 g/mol. The zero-order valence-electron chi connectivity index (χ0n) is 22.8. The Balaban J connectivity index is 2.49. The molecular formula is C26H46O11. The Labute approximate surface area is 219 Å². The Morgan fingerprint density at radius 2 is 1.70 bits per heavy atom. The van der Waals surface area contributed by atoms with Gasteiger partial charge in [-0.15, -0.1) is 0 Å². The average Bonchev–Trinajstić information content (AvgIpc) is 2.89. The summed E-state index contributed by atoms with van der Waals surface area (Å²) in [7, 11) is 4.19. The molecule has 0 aromatic rings. The van der Waals surface area contributed by atoms with E-state index in [0.29, 0.717) is 12.0 Å². The summed E-state index contributed by atoms with van der Waals surface area (Å²) in [5.74, 6) is -4.17. The van der Waals surface area contributed by atoms with Crippen LogP contribution in [0.5, 0.6) is 0 Å². The van der Waals surface area contributed by atoms with E-state index in [2.05, 4.69) is 0 Å². The van der Waals surface area contributed by atoms with Crippen LogP contribution in [0.1, 0.15) is 52.9 Å². The van der Waals surface area contributed by atoms with Gasteiger partial charge in [0.25, 0.3) is 0 Å². The van der Waals surface area contributed by atoms with Crippen LogP contribution >= 0.6 is 0 Å². The third-order valence-electron chi connectivity index (χ3n) is 7.89. The van der Waals surface area contributed by atoms with Crippen molar-refractivity contribution >= 4 is 5.97 Å². The van der Waals surface area contributed by atoms with E-state index in [1.165, 1.54) is 21.3 Å². The maximum atomic E-state index is 13.0. The molecule has 11 unspecified atom stereocenters. The molecule has 0 aromatic heterocycles. The second-order valence-corrected chi connectivity index (χ2v) is 10.3. The normalized spacial score (nSPS) is 41.5. The lowest BCUT2D eigenvalue weighted by atomic mass is 9.81. The Morgan fingerprint density at radius 3 is 2.24 bits per heavy atom. The molecule has 0 aliphatic carbocycles. The van der Waals surface area contributed by atoms with Crippen LogP contribution in [0, 0.1) is 11.8 Å². The van der Waals surface area contributed by atoms with E-state index in [1.54, 1.807) is 13.8 Å². The minimum Gasteiger partial charge on any atom is -0.456 e. The molecule has 11 atom stereocenters. The van der Waals surface area contributed by atoms with Crippen molar-refractivity contribution in [1.82, 2.24) is 0 Å². The van der Waals surface area contributed by atoms with Gasteiger partial charge in [0.05, 0.1) is 30.5 Å². The van der Waals surface area contributed by atoms with Crippen LogP contribution in [0.25, 0.3) is 0 Å². The summed E-state index contributed by atoms with van der Waals surface area (Å²) in [4.78, 5) is 13.0. The van der Waals surface area contributed by atoms with Crippen molar-refractivity contribution in [2.75, 3.05) is 27.9 Å². The Hall–Kier alpha value is -1.15. The molecular weight excluding hydrogens is 488 g/mol. The first-order chi connectivity index (χ1) is 17.4. The maximum Gasteiger partial charge on any atom is 0.338 e. The summed E-state index contributed by atoms with van der Waals surface area (Å²) < 4.78 is 28.0. The predicted octanol–water partition coefficient (Wildman–Crippen LogP) is 0.288. The fourth-order valence-corrected chi connectivity index (χ4v) is 5.14. The van der Waals surface area contributed by atoms with Crippen LogP contribution in [-0.2, 0) is 28.5 Å². The molecule has 11 heteroatoms. The smallest absolute Gasteiger partial charge is 0.338 e. The number of aliphatic hydroxyl groups is 5. The van der Waals surface area contributed by atoms with E-state index in [1.807, 2.05) is 13.0 Å². The quantitative estimate of drug-likeness (QED) is 0.225. The molecule has 37 heavy (non-hydrogen) atoms. The molecule has 0 saturated carbocycles. The maximum absolute atomic E-state index is 13.0. The minimum atomic E-state index is -2.17. The third-order valence-corrected chi connectivity index (χ3v) is 7.89. The van der Waals surface area contributed by atoms with Crippen molar-refractivity contribution in [1.29, 1.82) is 0 Å². The van der Waals surface area contributed by atoms with Crippen LogP contribution in [0.2, 0.25) is 0 Å². The molecule has 2 saturated heterocycles.